The normalized spacial score (nSPS) is 10.2. The molecule has 0 radical (unpaired) electrons. The van der Waals surface area contributed by atoms with Crippen molar-refractivity contribution in [2.24, 2.45) is 0 Å². The lowest BCUT2D eigenvalue weighted by molar-refractivity contribution is 0.0957. The molecule has 0 saturated heterocycles. The number of hydrogen-bond donors (Lipinski definition) is 1. The molecule has 0 unspecified atom stereocenters. The van der Waals surface area contributed by atoms with Gasteiger partial charge in [0.15, 0.2) is 11.5 Å². The minimum Gasteiger partial charge on any atom is -0.358 e. The van der Waals surface area contributed by atoms with Crippen LogP contribution < -0.4 is 10.2 Å². The summed E-state index contributed by atoms with van der Waals surface area (Å²) in [7, 11) is 3.51. The Labute approximate surface area is 128 Å². The Morgan fingerprint density at radius 1 is 1.19 bits per heavy atom. The highest BCUT2D eigenvalue weighted by Gasteiger charge is 2.08. The number of aromatic nitrogens is 2. The first-order valence-corrected chi connectivity index (χ1v) is 6.99. The molecule has 6 heteroatoms. The van der Waals surface area contributed by atoms with Crippen molar-refractivity contribution >= 4 is 23.3 Å². The molecule has 1 aromatic carbocycles. The van der Waals surface area contributed by atoms with Gasteiger partial charge in [0.2, 0.25) is 0 Å². The molecule has 1 aromatic heterocycles. The Morgan fingerprint density at radius 3 is 2.48 bits per heavy atom. The first-order valence-electron chi connectivity index (χ1n) is 6.61. The van der Waals surface area contributed by atoms with Crippen LogP contribution in [0.2, 0.25) is 5.02 Å². The van der Waals surface area contributed by atoms with Crippen LogP contribution in [-0.4, -0.2) is 36.7 Å². The zero-order valence-corrected chi connectivity index (χ0v) is 12.8. The maximum atomic E-state index is 11.4. The number of hydrogen-bond acceptors (Lipinski definition) is 4. The third-order valence-electron chi connectivity index (χ3n) is 3.15. The van der Waals surface area contributed by atoms with E-state index in [0.29, 0.717) is 5.69 Å². The van der Waals surface area contributed by atoms with Crippen LogP contribution in [0.5, 0.6) is 0 Å². The number of anilines is 1. The maximum absolute atomic E-state index is 11.4. The summed E-state index contributed by atoms with van der Waals surface area (Å²) in [6.07, 6.45) is 0.881. The van der Waals surface area contributed by atoms with E-state index in [9.17, 15) is 4.79 Å². The molecule has 21 heavy (non-hydrogen) atoms. The van der Waals surface area contributed by atoms with Crippen LogP contribution >= 0.6 is 11.6 Å². The summed E-state index contributed by atoms with van der Waals surface area (Å²) in [6, 6.07) is 11.2. The Kier molecular flexibility index (Phi) is 5.11. The third kappa shape index (κ3) is 4.16. The SMILES string of the molecule is CNC(=O)c1ccc(N(C)CCc2ccc(Cl)cc2)nn1. The average Bonchev–Trinajstić information content (AvgIpc) is 2.53. The molecule has 0 atom stereocenters. The number of carbonyl (C=O) groups is 1. The van der Waals surface area contributed by atoms with Crippen molar-refractivity contribution in [3.8, 4) is 0 Å². The van der Waals surface area contributed by atoms with Crippen LogP contribution in [0.15, 0.2) is 36.4 Å². The monoisotopic (exact) mass is 304 g/mol. The van der Waals surface area contributed by atoms with E-state index in [1.807, 2.05) is 36.2 Å². The van der Waals surface area contributed by atoms with Gasteiger partial charge in [0.05, 0.1) is 0 Å². The van der Waals surface area contributed by atoms with Crippen molar-refractivity contribution in [1.29, 1.82) is 0 Å². The van der Waals surface area contributed by atoms with Crippen LogP contribution in [0.3, 0.4) is 0 Å². The number of halogens is 1. The zero-order valence-electron chi connectivity index (χ0n) is 12.0. The lowest BCUT2D eigenvalue weighted by Crippen LogP contribution is -2.23. The number of amides is 1. The molecular formula is C15H17ClN4O. The van der Waals surface area contributed by atoms with Gasteiger partial charge in [-0.15, -0.1) is 10.2 Å². The summed E-state index contributed by atoms with van der Waals surface area (Å²) in [4.78, 5) is 13.4. The Hall–Kier alpha value is -2.14. The maximum Gasteiger partial charge on any atom is 0.271 e. The summed E-state index contributed by atoms with van der Waals surface area (Å²) < 4.78 is 0. The van der Waals surface area contributed by atoms with Gasteiger partial charge >= 0.3 is 0 Å². The van der Waals surface area contributed by atoms with Gasteiger partial charge in [-0.3, -0.25) is 4.79 Å². The number of benzene rings is 1. The second kappa shape index (κ2) is 7.04. The summed E-state index contributed by atoms with van der Waals surface area (Å²) in [5.41, 5.74) is 1.52. The summed E-state index contributed by atoms with van der Waals surface area (Å²) >= 11 is 5.86. The topological polar surface area (TPSA) is 58.1 Å². The molecule has 0 aliphatic rings. The molecule has 5 nitrogen and oxygen atoms in total. The van der Waals surface area contributed by atoms with Gasteiger partial charge in [-0.05, 0) is 36.2 Å². The van der Waals surface area contributed by atoms with E-state index in [4.69, 9.17) is 11.6 Å². The van der Waals surface area contributed by atoms with E-state index in [1.165, 1.54) is 5.56 Å². The second-order valence-corrected chi connectivity index (χ2v) is 5.09. The summed E-state index contributed by atoms with van der Waals surface area (Å²) in [5, 5.41) is 11.2. The molecule has 0 bridgehead atoms. The molecule has 0 aliphatic carbocycles. The second-order valence-electron chi connectivity index (χ2n) is 4.65. The van der Waals surface area contributed by atoms with Gasteiger partial charge in [-0.25, -0.2) is 0 Å². The fraction of sp³-hybridized carbons (Fsp3) is 0.267. The Bertz CT molecular complexity index is 598. The number of carbonyl (C=O) groups excluding carboxylic acids is 1. The Morgan fingerprint density at radius 2 is 1.90 bits per heavy atom. The quantitative estimate of drug-likeness (QED) is 0.920. The third-order valence-corrected chi connectivity index (χ3v) is 3.40. The first kappa shape index (κ1) is 15.3. The minimum absolute atomic E-state index is 0.238. The number of rotatable bonds is 5. The van der Waals surface area contributed by atoms with Crippen LogP contribution in [0.25, 0.3) is 0 Å². The van der Waals surface area contributed by atoms with Crippen LogP contribution in [0.4, 0.5) is 5.82 Å². The summed E-state index contributed by atoms with van der Waals surface area (Å²) in [5.74, 6) is 0.495. The standard InChI is InChI=1S/C15H17ClN4O/c1-17-15(21)13-7-8-14(19-18-13)20(2)10-9-11-3-5-12(16)6-4-11/h3-8H,9-10H2,1-2H3,(H,17,21). The van der Waals surface area contributed by atoms with Crippen LogP contribution in [-0.2, 0) is 6.42 Å². The van der Waals surface area contributed by atoms with Crippen molar-refractivity contribution in [2.45, 2.75) is 6.42 Å². The number of nitrogens with zero attached hydrogens (tertiary/aromatic N) is 3. The molecule has 0 fully saturated rings. The van der Waals surface area contributed by atoms with E-state index in [2.05, 4.69) is 15.5 Å². The van der Waals surface area contributed by atoms with E-state index < -0.39 is 0 Å². The van der Waals surface area contributed by atoms with E-state index >= 15 is 0 Å². The number of likely N-dealkylation sites (N-methyl/N-ethyl adjacent to an activating group) is 1. The van der Waals surface area contributed by atoms with E-state index in [0.717, 1.165) is 23.8 Å². The lowest BCUT2D eigenvalue weighted by Gasteiger charge is -2.17. The average molecular weight is 305 g/mol. The molecule has 110 valence electrons. The highest BCUT2D eigenvalue weighted by Crippen LogP contribution is 2.12. The van der Waals surface area contributed by atoms with E-state index in [-0.39, 0.29) is 5.91 Å². The fourth-order valence-electron chi connectivity index (χ4n) is 1.84. The van der Waals surface area contributed by atoms with Crippen molar-refractivity contribution in [3.05, 3.63) is 52.7 Å². The molecule has 1 heterocycles. The smallest absolute Gasteiger partial charge is 0.271 e. The molecule has 0 saturated carbocycles. The predicted octanol–water partition coefficient (Wildman–Crippen LogP) is 2.17. The molecule has 1 amide bonds. The largest absolute Gasteiger partial charge is 0.358 e. The predicted molar refractivity (Wildman–Crippen MR) is 83.8 cm³/mol. The lowest BCUT2D eigenvalue weighted by atomic mass is 10.1. The van der Waals surface area contributed by atoms with Crippen molar-refractivity contribution in [2.75, 3.05) is 25.5 Å². The molecule has 1 N–H and O–H groups in total. The fourth-order valence-corrected chi connectivity index (χ4v) is 1.97. The molecule has 0 spiro atoms. The van der Waals surface area contributed by atoms with Gasteiger partial charge in [0.25, 0.3) is 5.91 Å². The Balaban J connectivity index is 1.95. The van der Waals surface area contributed by atoms with Gasteiger partial charge in [-0.2, -0.15) is 0 Å². The van der Waals surface area contributed by atoms with Crippen molar-refractivity contribution in [1.82, 2.24) is 15.5 Å². The van der Waals surface area contributed by atoms with Gasteiger partial charge in [-0.1, -0.05) is 23.7 Å². The highest BCUT2D eigenvalue weighted by molar-refractivity contribution is 6.30. The first-order chi connectivity index (χ1) is 10.1. The number of nitrogens with one attached hydrogen (secondary N) is 1. The van der Waals surface area contributed by atoms with Gasteiger partial charge in [0.1, 0.15) is 0 Å². The van der Waals surface area contributed by atoms with Gasteiger partial charge < -0.3 is 10.2 Å². The van der Waals surface area contributed by atoms with Gasteiger partial charge in [0, 0.05) is 25.7 Å². The summed E-state index contributed by atoms with van der Waals surface area (Å²) in [6.45, 7) is 0.801. The van der Waals surface area contributed by atoms with Crippen LogP contribution in [0.1, 0.15) is 16.1 Å². The molecular weight excluding hydrogens is 288 g/mol. The van der Waals surface area contributed by atoms with E-state index in [1.54, 1.807) is 19.2 Å². The van der Waals surface area contributed by atoms with Crippen LogP contribution in [0, 0.1) is 0 Å². The molecule has 2 aromatic rings. The molecule has 0 aliphatic heterocycles. The molecule has 2 rings (SSSR count). The highest BCUT2D eigenvalue weighted by atomic mass is 35.5. The van der Waals surface area contributed by atoms with Crippen molar-refractivity contribution < 1.29 is 4.79 Å². The van der Waals surface area contributed by atoms with Crippen molar-refractivity contribution in [3.63, 3.8) is 0 Å². The zero-order chi connectivity index (χ0) is 15.2. The minimum atomic E-state index is -0.238.